The van der Waals surface area contributed by atoms with E-state index in [1.807, 2.05) is 49.9 Å². The number of fused-ring (bicyclic) bond motifs is 1. The minimum atomic E-state index is -0.256. The molecule has 0 saturated carbocycles. The van der Waals surface area contributed by atoms with Crippen LogP contribution in [0.5, 0.6) is 0 Å². The van der Waals surface area contributed by atoms with Gasteiger partial charge in [0.25, 0.3) is 5.91 Å². The van der Waals surface area contributed by atoms with Gasteiger partial charge < -0.3 is 9.88 Å². The highest BCUT2D eigenvalue weighted by Gasteiger charge is 2.17. The number of thiazole rings is 1. The molecule has 0 bridgehead atoms. The number of rotatable bonds is 3. The number of aryl methyl sites for hydroxylation is 2. The molecule has 1 aromatic carbocycles. The minimum absolute atomic E-state index is 0.256. The van der Waals surface area contributed by atoms with Crippen LogP contribution in [0.4, 0.5) is 5.00 Å². The van der Waals surface area contributed by atoms with Crippen molar-refractivity contribution in [3.05, 3.63) is 47.1 Å². The number of nitrogens with zero attached hydrogens (tertiary/aromatic N) is 4. The average Bonchev–Trinajstić information content (AvgIpc) is 3.27. The fourth-order valence-corrected chi connectivity index (χ4v) is 3.38. The summed E-state index contributed by atoms with van der Waals surface area (Å²) in [6, 6.07) is 5.88. The molecule has 4 rings (SSSR count). The van der Waals surface area contributed by atoms with Gasteiger partial charge in [-0.25, -0.2) is 9.97 Å². The molecule has 1 amide bonds. The minimum Gasteiger partial charge on any atom is -0.331 e. The molecule has 126 valence electrons. The maximum Gasteiger partial charge on any atom is 0.277 e. The first-order chi connectivity index (χ1) is 12.0. The van der Waals surface area contributed by atoms with Crippen molar-refractivity contribution in [1.82, 2.24) is 24.7 Å². The standard InChI is InChI=1S/C17H16N6OS/c1-9-18-7-14(23(9)3)11-4-5-13-12(6-11)16(22-21-13)17(24)20-15-8-19-10(2)25-15/h4-8H,1-3H3,(H,20,24)(H,21,22). The van der Waals surface area contributed by atoms with Gasteiger partial charge in [0.2, 0.25) is 0 Å². The molecule has 0 spiro atoms. The summed E-state index contributed by atoms with van der Waals surface area (Å²) in [7, 11) is 1.97. The normalized spacial score (nSPS) is 11.2. The Hall–Kier alpha value is -3.00. The fourth-order valence-electron chi connectivity index (χ4n) is 2.71. The van der Waals surface area contributed by atoms with Crippen LogP contribution in [0, 0.1) is 13.8 Å². The number of nitrogens with one attached hydrogen (secondary N) is 2. The summed E-state index contributed by atoms with van der Waals surface area (Å²) in [5, 5.41) is 12.3. The topological polar surface area (TPSA) is 88.5 Å². The number of benzene rings is 1. The molecule has 25 heavy (non-hydrogen) atoms. The highest BCUT2D eigenvalue weighted by atomic mass is 32.1. The van der Waals surface area contributed by atoms with Crippen molar-refractivity contribution in [3.63, 3.8) is 0 Å². The molecule has 4 aromatic rings. The van der Waals surface area contributed by atoms with E-state index in [0.29, 0.717) is 10.7 Å². The highest BCUT2D eigenvalue weighted by molar-refractivity contribution is 7.15. The second-order valence-corrected chi connectivity index (χ2v) is 7.01. The maximum atomic E-state index is 12.6. The Balaban J connectivity index is 1.73. The average molecular weight is 352 g/mol. The van der Waals surface area contributed by atoms with Gasteiger partial charge in [0.1, 0.15) is 10.8 Å². The summed E-state index contributed by atoms with van der Waals surface area (Å²) in [6.45, 7) is 3.85. The molecule has 2 N–H and O–H groups in total. The monoisotopic (exact) mass is 352 g/mol. The molecule has 0 saturated heterocycles. The number of aromatic nitrogens is 5. The number of H-pyrrole nitrogens is 1. The predicted octanol–water partition coefficient (Wildman–Crippen LogP) is 3.29. The third-order valence-electron chi connectivity index (χ3n) is 4.15. The van der Waals surface area contributed by atoms with Gasteiger partial charge in [0.15, 0.2) is 5.69 Å². The SMILES string of the molecule is Cc1ncc(NC(=O)c2n[nH]c3ccc(-c4cnc(C)n4C)cc23)s1. The lowest BCUT2D eigenvalue weighted by atomic mass is 10.1. The van der Waals surface area contributed by atoms with E-state index in [2.05, 4.69) is 25.5 Å². The number of aromatic amines is 1. The lowest BCUT2D eigenvalue weighted by Crippen LogP contribution is -2.11. The zero-order chi connectivity index (χ0) is 17.6. The first-order valence-electron chi connectivity index (χ1n) is 7.73. The third-order valence-corrected chi connectivity index (χ3v) is 4.98. The molecule has 3 aromatic heterocycles. The van der Waals surface area contributed by atoms with Crippen molar-refractivity contribution in [2.45, 2.75) is 13.8 Å². The highest BCUT2D eigenvalue weighted by Crippen LogP contribution is 2.26. The number of imidazole rings is 1. The van der Waals surface area contributed by atoms with E-state index < -0.39 is 0 Å². The summed E-state index contributed by atoms with van der Waals surface area (Å²) in [6.07, 6.45) is 3.48. The quantitative estimate of drug-likeness (QED) is 0.592. The lowest BCUT2D eigenvalue weighted by molar-refractivity contribution is 0.102. The van der Waals surface area contributed by atoms with Gasteiger partial charge in [0.05, 0.1) is 28.6 Å². The number of anilines is 1. The first kappa shape index (κ1) is 15.5. The van der Waals surface area contributed by atoms with Crippen molar-refractivity contribution in [2.24, 2.45) is 7.05 Å². The molecule has 0 radical (unpaired) electrons. The van der Waals surface area contributed by atoms with Crippen molar-refractivity contribution in [3.8, 4) is 11.3 Å². The zero-order valence-electron chi connectivity index (χ0n) is 14.0. The number of carbonyl (C=O) groups excluding carboxylic acids is 1. The van der Waals surface area contributed by atoms with Crippen molar-refractivity contribution < 1.29 is 4.79 Å². The van der Waals surface area contributed by atoms with Crippen LogP contribution >= 0.6 is 11.3 Å². The number of amides is 1. The van der Waals surface area contributed by atoms with Crippen LogP contribution in [0.25, 0.3) is 22.2 Å². The Morgan fingerprint density at radius 1 is 1.24 bits per heavy atom. The van der Waals surface area contributed by atoms with Crippen LogP contribution in [0.3, 0.4) is 0 Å². The molecule has 0 unspecified atom stereocenters. The lowest BCUT2D eigenvalue weighted by Gasteiger charge is -2.05. The summed E-state index contributed by atoms with van der Waals surface area (Å²) >= 11 is 1.43. The second kappa shape index (κ2) is 5.82. The largest absolute Gasteiger partial charge is 0.331 e. The second-order valence-electron chi connectivity index (χ2n) is 5.78. The van der Waals surface area contributed by atoms with Gasteiger partial charge >= 0.3 is 0 Å². The first-order valence-corrected chi connectivity index (χ1v) is 8.55. The van der Waals surface area contributed by atoms with E-state index in [1.165, 1.54) is 11.3 Å². The van der Waals surface area contributed by atoms with Crippen molar-refractivity contribution >= 4 is 33.1 Å². The Labute approximate surface area is 147 Å². The summed E-state index contributed by atoms with van der Waals surface area (Å²) in [4.78, 5) is 21.1. The van der Waals surface area contributed by atoms with Gasteiger partial charge in [-0.15, -0.1) is 11.3 Å². The number of hydrogen-bond acceptors (Lipinski definition) is 5. The van der Waals surface area contributed by atoms with Crippen LogP contribution in [-0.2, 0) is 7.05 Å². The van der Waals surface area contributed by atoms with Crippen molar-refractivity contribution in [2.75, 3.05) is 5.32 Å². The van der Waals surface area contributed by atoms with E-state index in [0.717, 1.165) is 33.0 Å². The molecule has 0 fully saturated rings. The molecule has 0 aliphatic heterocycles. The van der Waals surface area contributed by atoms with Gasteiger partial charge in [-0.1, -0.05) is 6.07 Å². The molecule has 0 aliphatic rings. The Morgan fingerprint density at radius 2 is 2.08 bits per heavy atom. The summed E-state index contributed by atoms with van der Waals surface area (Å²) in [5.41, 5.74) is 3.15. The summed E-state index contributed by atoms with van der Waals surface area (Å²) in [5.74, 6) is 0.675. The van der Waals surface area contributed by atoms with Crippen LogP contribution < -0.4 is 5.32 Å². The number of carbonyl (C=O) groups is 1. The Kier molecular flexibility index (Phi) is 3.61. The Morgan fingerprint density at radius 3 is 2.76 bits per heavy atom. The Bertz CT molecular complexity index is 1090. The van der Waals surface area contributed by atoms with E-state index in [4.69, 9.17) is 0 Å². The zero-order valence-corrected chi connectivity index (χ0v) is 14.8. The number of hydrogen-bond donors (Lipinski definition) is 2. The maximum absolute atomic E-state index is 12.6. The van der Waals surface area contributed by atoms with Crippen LogP contribution in [-0.4, -0.2) is 30.6 Å². The molecule has 8 heteroatoms. The predicted molar refractivity (Wildman–Crippen MR) is 97.8 cm³/mol. The van der Waals surface area contributed by atoms with Crippen LogP contribution in [0.1, 0.15) is 21.3 Å². The van der Waals surface area contributed by atoms with Crippen LogP contribution in [0.2, 0.25) is 0 Å². The van der Waals surface area contributed by atoms with E-state index in [9.17, 15) is 4.79 Å². The molecular weight excluding hydrogens is 336 g/mol. The molecule has 0 atom stereocenters. The van der Waals surface area contributed by atoms with Gasteiger partial charge in [0, 0.05) is 18.0 Å². The molecule has 7 nitrogen and oxygen atoms in total. The van der Waals surface area contributed by atoms with Crippen LogP contribution in [0.15, 0.2) is 30.6 Å². The third kappa shape index (κ3) is 2.70. The van der Waals surface area contributed by atoms with Gasteiger partial charge in [-0.05, 0) is 26.0 Å². The van der Waals surface area contributed by atoms with E-state index in [-0.39, 0.29) is 5.91 Å². The van der Waals surface area contributed by atoms with Gasteiger partial charge in [-0.2, -0.15) is 5.10 Å². The summed E-state index contributed by atoms with van der Waals surface area (Å²) < 4.78 is 2.01. The fraction of sp³-hybridized carbons (Fsp3) is 0.176. The van der Waals surface area contributed by atoms with E-state index >= 15 is 0 Å². The van der Waals surface area contributed by atoms with Gasteiger partial charge in [-0.3, -0.25) is 9.89 Å². The molecule has 3 heterocycles. The van der Waals surface area contributed by atoms with Crippen molar-refractivity contribution in [1.29, 1.82) is 0 Å². The molecule has 0 aliphatic carbocycles. The molecular formula is C17H16N6OS. The smallest absolute Gasteiger partial charge is 0.277 e. The van der Waals surface area contributed by atoms with E-state index in [1.54, 1.807) is 6.20 Å².